The van der Waals surface area contributed by atoms with E-state index in [-0.39, 0.29) is 29.3 Å². The first-order valence-electron chi connectivity index (χ1n) is 10.9. The van der Waals surface area contributed by atoms with Gasteiger partial charge in [-0.1, -0.05) is 12.1 Å². The van der Waals surface area contributed by atoms with Crippen LogP contribution in [0.5, 0.6) is 11.5 Å². The molecule has 3 rings (SSSR count). The van der Waals surface area contributed by atoms with Gasteiger partial charge in [0.2, 0.25) is 5.91 Å². The van der Waals surface area contributed by atoms with E-state index >= 15 is 0 Å². The minimum absolute atomic E-state index is 0.0293. The molecule has 0 aliphatic carbocycles. The van der Waals surface area contributed by atoms with Crippen LogP contribution >= 0.6 is 0 Å². The minimum Gasteiger partial charge on any atom is -0.493 e. The first-order valence-corrected chi connectivity index (χ1v) is 13.0. The summed E-state index contributed by atoms with van der Waals surface area (Å²) < 4.78 is 35.6. The standard InChI is InChI=1S/C24H29N3O7S/c1-6-34-20-12-15(10-11-19(20)33-4)18(14-35(5,31)32)27-23(29)16-8-7-9-17(22(16)24(27)30)25-21(28)13-26(2)3/h7-12,18H,6,13-14H2,1-5H3,(H,25,28)/t18-/m1/s1. The Hall–Kier alpha value is -3.44. The third-order valence-electron chi connectivity index (χ3n) is 5.32. The number of benzene rings is 2. The molecule has 35 heavy (non-hydrogen) atoms. The molecule has 1 aliphatic rings. The minimum atomic E-state index is -3.62. The molecule has 0 spiro atoms. The fourth-order valence-corrected chi connectivity index (χ4v) is 4.86. The molecule has 0 unspecified atom stereocenters. The van der Waals surface area contributed by atoms with Crippen molar-refractivity contribution in [3.63, 3.8) is 0 Å². The second kappa shape index (κ2) is 10.4. The van der Waals surface area contributed by atoms with Crippen molar-refractivity contribution >= 4 is 33.2 Å². The van der Waals surface area contributed by atoms with E-state index in [9.17, 15) is 22.8 Å². The molecule has 0 radical (unpaired) electrons. The van der Waals surface area contributed by atoms with Crippen LogP contribution in [-0.4, -0.2) is 82.3 Å². The third kappa shape index (κ3) is 5.80. The maximum absolute atomic E-state index is 13.6. The fraction of sp³-hybridized carbons (Fsp3) is 0.375. The number of hydrogen-bond acceptors (Lipinski definition) is 8. The Morgan fingerprint density at radius 2 is 1.83 bits per heavy atom. The van der Waals surface area contributed by atoms with Crippen LogP contribution in [0.2, 0.25) is 0 Å². The zero-order valence-corrected chi connectivity index (χ0v) is 21.1. The second-order valence-electron chi connectivity index (χ2n) is 8.45. The lowest BCUT2D eigenvalue weighted by atomic mass is 10.1. The highest BCUT2D eigenvalue weighted by molar-refractivity contribution is 7.90. The molecular formula is C24H29N3O7S. The first kappa shape index (κ1) is 26.2. The van der Waals surface area contributed by atoms with Crippen LogP contribution in [0.15, 0.2) is 36.4 Å². The fourth-order valence-electron chi connectivity index (χ4n) is 3.94. The number of nitrogens with one attached hydrogen (secondary N) is 1. The van der Waals surface area contributed by atoms with E-state index < -0.39 is 33.4 Å². The van der Waals surface area contributed by atoms with Gasteiger partial charge in [0, 0.05) is 6.26 Å². The first-order chi connectivity index (χ1) is 16.5. The summed E-state index contributed by atoms with van der Waals surface area (Å²) >= 11 is 0. The Morgan fingerprint density at radius 3 is 2.43 bits per heavy atom. The van der Waals surface area contributed by atoms with Gasteiger partial charge in [-0.15, -0.1) is 0 Å². The lowest BCUT2D eigenvalue weighted by Crippen LogP contribution is -2.38. The van der Waals surface area contributed by atoms with E-state index in [1.54, 1.807) is 50.2 Å². The monoisotopic (exact) mass is 503 g/mol. The quantitative estimate of drug-likeness (QED) is 0.489. The van der Waals surface area contributed by atoms with Crippen LogP contribution in [0, 0.1) is 0 Å². The molecule has 0 saturated heterocycles. The molecule has 1 N–H and O–H groups in total. The van der Waals surface area contributed by atoms with Crippen LogP contribution in [0.4, 0.5) is 5.69 Å². The zero-order valence-electron chi connectivity index (χ0n) is 20.3. The number of likely N-dealkylation sites (N-methyl/N-ethyl adjacent to an activating group) is 1. The number of ether oxygens (including phenoxy) is 2. The molecule has 0 fully saturated rings. The van der Waals surface area contributed by atoms with Gasteiger partial charge in [-0.2, -0.15) is 0 Å². The Bertz CT molecular complexity index is 1260. The number of carbonyl (C=O) groups excluding carboxylic acids is 3. The van der Waals surface area contributed by atoms with E-state index in [4.69, 9.17) is 9.47 Å². The molecule has 0 aromatic heterocycles. The molecule has 3 amide bonds. The molecule has 2 aromatic carbocycles. The third-order valence-corrected chi connectivity index (χ3v) is 6.25. The largest absolute Gasteiger partial charge is 0.493 e. The summed E-state index contributed by atoms with van der Waals surface area (Å²) in [6.45, 7) is 2.20. The predicted molar refractivity (Wildman–Crippen MR) is 131 cm³/mol. The number of carbonyl (C=O) groups is 3. The Balaban J connectivity index is 2.07. The molecule has 1 atom stereocenters. The average molecular weight is 504 g/mol. The molecular weight excluding hydrogens is 474 g/mol. The van der Waals surface area contributed by atoms with Crippen molar-refractivity contribution in [1.29, 1.82) is 0 Å². The van der Waals surface area contributed by atoms with Gasteiger partial charge in [0.25, 0.3) is 11.8 Å². The maximum Gasteiger partial charge on any atom is 0.264 e. The number of nitrogens with zero attached hydrogens (tertiary/aromatic N) is 2. The summed E-state index contributed by atoms with van der Waals surface area (Å²) in [5.41, 5.74) is 0.710. The van der Waals surface area contributed by atoms with E-state index in [0.717, 1.165) is 11.2 Å². The molecule has 188 valence electrons. The normalized spacial score (nSPS) is 14.2. The van der Waals surface area contributed by atoms with Crippen LogP contribution < -0.4 is 14.8 Å². The van der Waals surface area contributed by atoms with E-state index in [1.165, 1.54) is 19.2 Å². The molecule has 11 heteroatoms. The van der Waals surface area contributed by atoms with Crippen LogP contribution in [0.25, 0.3) is 0 Å². The predicted octanol–water partition coefficient (Wildman–Crippen LogP) is 1.98. The molecule has 10 nitrogen and oxygen atoms in total. The summed E-state index contributed by atoms with van der Waals surface area (Å²) in [4.78, 5) is 41.9. The van der Waals surface area contributed by atoms with Crippen molar-refractivity contribution in [3.05, 3.63) is 53.1 Å². The maximum atomic E-state index is 13.6. The topological polar surface area (TPSA) is 122 Å². The number of imide groups is 1. The van der Waals surface area contributed by atoms with Gasteiger partial charge in [-0.25, -0.2) is 8.42 Å². The highest BCUT2D eigenvalue weighted by Crippen LogP contribution is 2.38. The van der Waals surface area contributed by atoms with Crippen LogP contribution in [0.1, 0.15) is 39.2 Å². The molecule has 1 heterocycles. The van der Waals surface area contributed by atoms with Gasteiger partial charge in [-0.3, -0.25) is 19.3 Å². The summed E-state index contributed by atoms with van der Waals surface area (Å²) in [5.74, 6) is -1.38. The zero-order chi connectivity index (χ0) is 25.9. The number of amides is 3. The van der Waals surface area contributed by atoms with Gasteiger partial charge in [0.1, 0.15) is 9.84 Å². The van der Waals surface area contributed by atoms with E-state index in [1.807, 2.05) is 0 Å². The highest BCUT2D eigenvalue weighted by Gasteiger charge is 2.43. The van der Waals surface area contributed by atoms with Crippen LogP contribution in [-0.2, 0) is 14.6 Å². The molecule has 2 aromatic rings. The molecule has 0 bridgehead atoms. The molecule has 1 aliphatic heterocycles. The summed E-state index contributed by atoms with van der Waals surface area (Å²) in [7, 11) is 1.31. The number of methoxy groups -OCH3 is 1. The smallest absolute Gasteiger partial charge is 0.264 e. The van der Waals surface area contributed by atoms with Gasteiger partial charge >= 0.3 is 0 Å². The lowest BCUT2D eigenvalue weighted by molar-refractivity contribution is -0.116. The Labute approximate surface area is 204 Å². The van der Waals surface area contributed by atoms with E-state index in [2.05, 4.69) is 5.32 Å². The Morgan fingerprint density at radius 1 is 1.11 bits per heavy atom. The number of rotatable bonds is 10. The number of fused-ring (bicyclic) bond motifs is 1. The van der Waals surface area contributed by atoms with Crippen molar-refractivity contribution in [2.45, 2.75) is 13.0 Å². The summed E-state index contributed by atoms with van der Waals surface area (Å²) in [6.07, 6.45) is 1.04. The van der Waals surface area contributed by atoms with Gasteiger partial charge in [0.05, 0.1) is 48.9 Å². The highest BCUT2D eigenvalue weighted by atomic mass is 32.2. The van der Waals surface area contributed by atoms with Crippen molar-refractivity contribution < 1.29 is 32.3 Å². The lowest BCUT2D eigenvalue weighted by Gasteiger charge is -2.27. The van der Waals surface area contributed by atoms with Gasteiger partial charge in [-0.05, 0) is 50.8 Å². The SMILES string of the molecule is CCOc1cc([C@@H](CS(C)(=O)=O)N2C(=O)c3cccc(NC(=O)CN(C)C)c3C2=O)ccc1OC. The molecule has 0 saturated carbocycles. The summed E-state index contributed by atoms with van der Waals surface area (Å²) in [5, 5.41) is 2.68. The average Bonchev–Trinajstić information content (AvgIpc) is 3.02. The van der Waals surface area contributed by atoms with Crippen molar-refractivity contribution in [2.24, 2.45) is 0 Å². The second-order valence-corrected chi connectivity index (χ2v) is 10.6. The van der Waals surface area contributed by atoms with Gasteiger partial charge in [0.15, 0.2) is 11.5 Å². The summed E-state index contributed by atoms with van der Waals surface area (Å²) in [6, 6.07) is 8.22. The van der Waals surface area contributed by atoms with Crippen LogP contribution in [0.3, 0.4) is 0 Å². The van der Waals surface area contributed by atoms with Crippen molar-refractivity contribution in [2.75, 3.05) is 51.7 Å². The Kier molecular flexibility index (Phi) is 7.81. The number of anilines is 1. The van der Waals surface area contributed by atoms with Crippen molar-refractivity contribution in [1.82, 2.24) is 9.80 Å². The van der Waals surface area contributed by atoms with E-state index in [0.29, 0.717) is 23.7 Å². The number of sulfone groups is 1. The number of hydrogen-bond donors (Lipinski definition) is 1. The van der Waals surface area contributed by atoms with Gasteiger partial charge < -0.3 is 19.7 Å². The van der Waals surface area contributed by atoms with Crippen molar-refractivity contribution in [3.8, 4) is 11.5 Å².